The van der Waals surface area contributed by atoms with Crippen molar-refractivity contribution in [3.63, 3.8) is 0 Å². The van der Waals surface area contributed by atoms with Gasteiger partial charge in [-0.2, -0.15) is 0 Å². The smallest absolute Gasteiger partial charge is 0.226 e. The zero-order valence-corrected chi connectivity index (χ0v) is 5.14. The molecule has 52 valence electrons. The van der Waals surface area contributed by atoms with E-state index in [1.54, 1.807) is 0 Å². The topological polar surface area (TPSA) is 46.2 Å². The average molecular weight is 129 g/mol. The van der Waals surface area contributed by atoms with Crippen LogP contribution < -0.4 is 5.32 Å². The third kappa shape index (κ3) is 1.83. The molecule has 2 amide bonds. The highest BCUT2D eigenvalue weighted by atomic mass is 16.2. The fourth-order valence-electron chi connectivity index (χ4n) is 0.852. The number of carbonyl (C=O) groups is 2. The van der Waals surface area contributed by atoms with E-state index in [1.807, 2.05) is 0 Å². The first kappa shape index (κ1) is 6.26. The molecule has 9 heavy (non-hydrogen) atoms. The van der Waals surface area contributed by atoms with Gasteiger partial charge in [0.2, 0.25) is 11.8 Å². The monoisotopic (exact) mass is 129 g/mol. The predicted octanol–water partition coefficient (Wildman–Crippen LogP) is 0.449. The van der Waals surface area contributed by atoms with Crippen LogP contribution in [0, 0.1) is 0 Å². The summed E-state index contributed by atoms with van der Waals surface area (Å²) in [5.74, 6) is -0.255. The normalized spacial score (nSPS) is 20.9. The van der Waals surface area contributed by atoms with E-state index >= 15 is 0 Å². The molecule has 0 aromatic heterocycles. The van der Waals surface area contributed by atoms with Gasteiger partial charge in [0.25, 0.3) is 0 Å². The molecule has 1 fully saturated rings. The number of hydrogen-bond donors (Lipinski definition) is 1. The van der Waals surface area contributed by atoms with Crippen LogP contribution in [0.5, 0.6) is 0 Å². The lowest BCUT2D eigenvalue weighted by atomic mass is 10.2. The molecule has 0 radical (unpaired) electrons. The molecule has 0 aromatic carbocycles. The largest absolute Gasteiger partial charge is 0.296 e. The van der Waals surface area contributed by atoms with E-state index in [1.165, 1.54) is 0 Å². The van der Waals surface area contributed by atoms with Gasteiger partial charge in [0.05, 0.1) is 0 Å². The summed E-state index contributed by atoms with van der Waals surface area (Å²) in [7, 11) is 0. The van der Waals surface area contributed by atoms with Gasteiger partial charge in [-0.1, -0.05) is 0 Å². The SMILES string of the molecule is O=C1CCCCC(=O)N1.[HH]. The zero-order valence-electron chi connectivity index (χ0n) is 5.14. The van der Waals surface area contributed by atoms with Crippen molar-refractivity contribution in [1.29, 1.82) is 0 Å². The van der Waals surface area contributed by atoms with Crippen molar-refractivity contribution >= 4 is 11.8 Å². The molecule has 1 heterocycles. The Balaban J connectivity index is 0.000000810. The molecule has 1 aliphatic heterocycles. The van der Waals surface area contributed by atoms with Gasteiger partial charge in [0.15, 0.2) is 0 Å². The van der Waals surface area contributed by atoms with Crippen molar-refractivity contribution in [3.8, 4) is 0 Å². The van der Waals surface area contributed by atoms with Crippen molar-refractivity contribution in [2.45, 2.75) is 25.7 Å². The molecule has 0 bridgehead atoms. The fraction of sp³-hybridized carbons (Fsp3) is 0.667. The van der Waals surface area contributed by atoms with Crippen LogP contribution in [-0.2, 0) is 9.59 Å². The molecule has 1 aliphatic rings. The number of rotatable bonds is 0. The summed E-state index contributed by atoms with van der Waals surface area (Å²) in [5.41, 5.74) is 0. The maximum Gasteiger partial charge on any atom is 0.226 e. The number of amides is 2. The van der Waals surface area contributed by atoms with Crippen molar-refractivity contribution in [3.05, 3.63) is 0 Å². The molecule has 3 heteroatoms. The van der Waals surface area contributed by atoms with Gasteiger partial charge < -0.3 is 0 Å². The number of imide groups is 1. The van der Waals surface area contributed by atoms with Crippen molar-refractivity contribution < 1.29 is 11.0 Å². The van der Waals surface area contributed by atoms with Crippen LogP contribution in [-0.4, -0.2) is 11.8 Å². The van der Waals surface area contributed by atoms with Crippen LogP contribution in [0.4, 0.5) is 0 Å². The van der Waals surface area contributed by atoms with Gasteiger partial charge in [-0.25, -0.2) is 0 Å². The molecule has 0 aliphatic carbocycles. The third-order valence-corrected chi connectivity index (χ3v) is 1.34. The third-order valence-electron chi connectivity index (χ3n) is 1.34. The molecule has 0 unspecified atom stereocenters. The highest BCUT2D eigenvalue weighted by Gasteiger charge is 2.11. The van der Waals surface area contributed by atoms with Gasteiger partial charge in [-0.15, -0.1) is 0 Å². The van der Waals surface area contributed by atoms with Gasteiger partial charge in [0.1, 0.15) is 0 Å². The lowest BCUT2D eigenvalue weighted by molar-refractivity contribution is -0.129. The maximum atomic E-state index is 10.6. The first-order chi connectivity index (χ1) is 4.29. The molecule has 0 saturated carbocycles. The van der Waals surface area contributed by atoms with Crippen molar-refractivity contribution in [2.75, 3.05) is 0 Å². The Morgan fingerprint density at radius 1 is 1.11 bits per heavy atom. The minimum absolute atomic E-state index is 0. The lowest BCUT2D eigenvalue weighted by Gasteiger charge is -1.93. The van der Waals surface area contributed by atoms with Gasteiger partial charge in [0, 0.05) is 14.3 Å². The van der Waals surface area contributed by atoms with Crippen LogP contribution in [0.15, 0.2) is 0 Å². The molecule has 1 rings (SSSR count). The second-order valence-electron chi connectivity index (χ2n) is 2.18. The van der Waals surface area contributed by atoms with Crippen LogP contribution in [0.1, 0.15) is 27.1 Å². The van der Waals surface area contributed by atoms with Crippen LogP contribution in [0.25, 0.3) is 0 Å². The molecular weight excluding hydrogens is 118 g/mol. The Labute approximate surface area is 54.9 Å². The van der Waals surface area contributed by atoms with E-state index in [2.05, 4.69) is 5.32 Å². The fourth-order valence-corrected chi connectivity index (χ4v) is 0.852. The summed E-state index contributed by atoms with van der Waals surface area (Å²) < 4.78 is 0. The molecule has 0 atom stereocenters. The summed E-state index contributed by atoms with van der Waals surface area (Å²) in [6.07, 6.45) is 2.70. The molecule has 3 nitrogen and oxygen atoms in total. The zero-order chi connectivity index (χ0) is 6.69. The standard InChI is InChI=1S/C6H9NO2.H2/c8-5-3-1-2-4-6(9)7-5;/h1-4H2,(H,7,8,9);1H. The predicted molar refractivity (Wildman–Crippen MR) is 33.7 cm³/mol. The minimum Gasteiger partial charge on any atom is -0.296 e. The van der Waals surface area contributed by atoms with E-state index in [9.17, 15) is 9.59 Å². The summed E-state index contributed by atoms with van der Waals surface area (Å²) in [6, 6.07) is 0. The van der Waals surface area contributed by atoms with Gasteiger partial charge in [-0.05, 0) is 12.8 Å². The van der Waals surface area contributed by atoms with Crippen molar-refractivity contribution in [1.82, 2.24) is 5.32 Å². The maximum absolute atomic E-state index is 10.6. The Kier molecular flexibility index (Phi) is 1.82. The Morgan fingerprint density at radius 2 is 1.56 bits per heavy atom. The van der Waals surface area contributed by atoms with Crippen molar-refractivity contribution in [2.24, 2.45) is 0 Å². The second kappa shape index (κ2) is 2.62. The van der Waals surface area contributed by atoms with E-state index in [0.29, 0.717) is 12.8 Å². The van der Waals surface area contributed by atoms with E-state index in [0.717, 1.165) is 12.8 Å². The summed E-state index contributed by atoms with van der Waals surface area (Å²) in [4.78, 5) is 21.1. The number of nitrogens with one attached hydrogen (secondary N) is 1. The number of carbonyl (C=O) groups excluding carboxylic acids is 2. The van der Waals surface area contributed by atoms with Crippen LogP contribution >= 0.6 is 0 Å². The molecule has 0 aromatic rings. The quantitative estimate of drug-likeness (QED) is 0.483. The van der Waals surface area contributed by atoms with E-state index in [-0.39, 0.29) is 13.2 Å². The summed E-state index contributed by atoms with van der Waals surface area (Å²) >= 11 is 0. The second-order valence-corrected chi connectivity index (χ2v) is 2.18. The van der Waals surface area contributed by atoms with Crippen LogP contribution in [0.2, 0.25) is 0 Å². The van der Waals surface area contributed by atoms with E-state index in [4.69, 9.17) is 0 Å². The van der Waals surface area contributed by atoms with Crippen LogP contribution in [0.3, 0.4) is 0 Å². The lowest BCUT2D eigenvalue weighted by Crippen LogP contribution is -2.27. The summed E-state index contributed by atoms with van der Waals surface area (Å²) in [5, 5.41) is 2.26. The highest BCUT2D eigenvalue weighted by Crippen LogP contribution is 2.03. The van der Waals surface area contributed by atoms with Gasteiger partial charge in [-0.3, -0.25) is 14.9 Å². The first-order valence-corrected chi connectivity index (χ1v) is 3.12. The average Bonchev–Trinajstić information content (AvgIpc) is 1.93. The first-order valence-electron chi connectivity index (χ1n) is 3.12. The van der Waals surface area contributed by atoms with Gasteiger partial charge >= 0.3 is 0 Å². The molecular formula is C6H11NO2. The molecule has 1 saturated heterocycles. The Bertz CT molecular complexity index is 131. The summed E-state index contributed by atoms with van der Waals surface area (Å²) in [6.45, 7) is 0. The minimum atomic E-state index is -0.127. The number of hydrogen-bond acceptors (Lipinski definition) is 2. The molecule has 1 N–H and O–H groups in total. The molecule has 0 spiro atoms. The Morgan fingerprint density at radius 3 is 2.00 bits per heavy atom. The van der Waals surface area contributed by atoms with E-state index < -0.39 is 0 Å². The highest BCUT2D eigenvalue weighted by molar-refractivity contribution is 5.95. The Hall–Kier alpha value is -0.860.